The summed E-state index contributed by atoms with van der Waals surface area (Å²) in [6.45, 7) is 2.79. The number of nitrogens with zero attached hydrogens (tertiary/aromatic N) is 3. The molecule has 9 nitrogen and oxygen atoms in total. The first-order valence-corrected chi connectivity index (χ1v) is 9.08. The van der Waals surface area contributed by atoms with E-state index in [1.54, 1.807) is 25.1 Å². The summed E-state index contributed by atoms with van der Waals surface area (Å²) in [7, 11) is 0. The van der Waals surface area contributed by atoms with Gasteiger partial charge in [0, 0.05) is 6.54 Å². The summed E-state index contributed by atoms with van der Waals surface area (Å²) >= 11 is 0. The molecule has 148 valence electrons. The second-order valence-electron chi connectivity index (χ2n) is 6.10. The second-order valence-corrected chi connectivity index (χ2v) is 6.10. The molecule has 1 aromatic heterocycles. The van der Waals surface area contributed by atoms with Crippen molar-refractivity contribution in [2.45, 2.75) is 13.5 Å². The summed E-state index contributed by atoms with van der Waals surface area (Å²) in [5.74, 6) is 1.84. The minimum atomic E-state index is -0.404. The Balaban J connectivity index is 1.45. The standard InChI is InChI=1S/C20H19N5O4/c1-2-27-19(26)14-5-3-4-6-15(14)23-18-11-22-25-20(24-18)21-10-13-7-8-16-17(9-13)29-12-28-16/h3-9,11H,2,10,12H2,1H3,(H2,21,23,24,25). The molecule has 9 heteroatoms. The molecular weight excluding hydrogens is 374 g/mol. The van der Waals surface area contributed by atoms with Crippen molar-refractivity contribution in [1.29, 1.82) is 0 Å². The molecule has 0 spiro atoms. The molecule has 0 fully saturated rings. The van der Waals surface area contributed by atoms with E-state index in [1.165, 1.54) is 6.20 Å². The van der Waals surface area contributed by atoms with E-state index in [9.17, 15) is 4.79 Å². The van der Waals surface area contributed by atoms with Gasteiger partial charge in [0.05, 0.1) is 24.1 Å². The van der Waals surface area contributed by atoms with Gasteiger partial charge in [-0.2, -0.15) is 10.1 Å². The van der Waals surface area contributed by atoms with Crippen molar-refractivity contribution in [3.63, 3.8) is 0 Å². The van der Waals surface area contributed by atoms with Crippen LogP contribution in [0.25, 0.3) is 0 Å². The smallest absolute Gasteiger partial charge is 0.340 e. The lowest BCUT2D eigenvalue weighted by Gasteiger charge is -2.11. The van der Waals surface area contributed by atoms with Crippen molar-refractivity contribution in [3.8, 4) is 11.5 Å². The fourth-order valence-corrected chi connectivity index (χ4v) is 2.79. The molecular formula is C20H19N5O4. The predicted molar refractivity (Wildman–Crippen MR) is 105 cm³/mol. The molecule has 1 aliphatic heterocycles. The molecule has 2 aromatic carbocycles. The van der Waals surface area contributed by atoms with Crippen LogP contribution in [-0.4, -0.2) is 34.6 Å². The van der Waals surface area contributed by atoms with Crippen molar-refractivity contribution >= 4 is 23.4 Å². The molecule has 0 saturated heterocycles. The zero-order chi connectivity index (χ0) is 20.1. The lowest BCUT2D eigenvalue weighted by atomic mass is 10.2. The van der Waals surface area contributed by atoms with Crippen molar-refractivity contribution in [2.75, 3.05) is 24.0 Å². The van der Waals surface area contributed by atoms with E-state index in [1.807, 2.05) is 24.3 Å². The summed E-state index contributed by atoms with van der Waals surface area (Å²) in [6, 6.07) is 12.8. The number of carbonyl (C=O) groups is 1. The molecule has 2 heterocycles. The molecule has 0 saturated carbocycles. The lowest BCUT2D eigenvalue weighted by Crippen LogP contribution is -2.09. The van der Waals surface area contributed by atoms with Gasteiger partial charge >= 0.3 is 5.97 Å². The molecule has 0 amide bonds. The number of nitrogens with one attached hydrogen (secondary N) is 2. The summed E-state index contributed by atoms with van der Waals surface area (Å²) in [5, 5.41) is 14.2. The number of carbonyl (C=O) groups excluding carboxylic acids is 1. The van der Waals surface area contributed by atoms with Crippen LogP contribution in [0.2, 0.25) is 0 Å². The predicted octanol–water partition coefficient (Wildman–Crippen LogP) is 3.13. The highest BCUT2D eigenvalue weighted by Gasteiger charge is 2.14. The zero-order valence-corrected chi connectivity index (χ0v) is 15.7. The van der Waals surface area contributed by atoms with Crippen LogP contribution in [0.5, 0.6) is 11.5 Å². The van der Waals surface area contributed by atoms with Gasteiger partial charge < -0.3 is 24.8 Å². The number of aromatic nitrogens is 3. The number of para-hydroxylation sites is 1. The topological polar surface area (TPSA) is 107 Å². The average Bonchev–Trinajstić information content (AvgIpc) is 3.21. The third kappa shape index (κ3) is 4.34. The Morgan fingerprint density at radius 3 is 2.93 bits per heavy atom. The highest BCUT2D eigenvalue weighted by molar-refractivity contribution is 5.96. The van der Waals surface area contributed by atoms with Crippen molar-refractivity contribution < 1.29 is 19.0 Å². The van der Waals surface area contributed by atoms with E-state index in [0.29, 0.717) is 41.9 Å². The van der Waals surface area contributed by atoms with Crippen molar-refractivity contribution in [3.05, 3.63) is 59.8 Å². The third-order valence-corrected chi connectivity index (χ3v) is 4.13. The highest BCUT2D eigenvalue weighted by atomic mass is 16.7. The molecule has 0 radical (unpaired) electrons. The van der Waals surface area contributed by atoms with Crippen LogP contribution >= 0.6 is 0 Å². The third-order valence-electron chi connectivity index (χ3n) is 4.13. The second kappa shape index (κ2) is 8.42. The average molecular weight is 393 g/mol. The maximum Gasteiger partial charge on any atom is 0.340 e. The highest BCUT2D eigenvalue weighted by Crippen LogP contribution is 2.32. The van der Waals surface area contributed by atoms with E-state index in [0.717, 1.165) is 11.3 Å². The fraction of sp³-hybridized carbons (Fsp3) is 0.200. The van der Waals surface area contributed by atoms with Gasteiger partial charge in [0.15, 0.2) is 17.3 Å². The number of rotatable bonds is 7. The van der Waals surface area contributed by atoms with Gasteiger partial charge in [-0.15, -0.1) is 5.10 Å². The SMILES string of the molecule is CCOC(=O)c1ccccc1Nc1cnnc(NCc2ccc3c(c2)OCO3)n1. The Morgan fingerprint density at radius 2 is 2.03 bits per heavy atom. The molecule has 0 unspecified atom stereocenters. The molecule has 1 aliphatic rings. The molecule has 3 aromatic rings. The minimum Gasteiger partial charge on any atom is -0.462 e. The Hall–Kier alpha value is -3.88. The van der Waals surface area contributed by atoms with E-state index in [4.69, 9.17) is 14.2 Å². The van der Waals surface area contributed by atoms with Crippen molar-refractivity contribution in [1.82, 2.24) is 15.2 Å². The molecule has 4 rings (SSSR count). The number of fused-ring (bicyclic) bond motifs is 1. The van der Waals surface area contributed by atoms with E-state index in [-0.39, 0.29) is 6.79 Å². The van der Waals surface area contributed by atoms with Crippen LogP contribution in [0.3, 0.4) is 0 Å². The minimum absolute atomic E-state index is 0.236. The quantitative estimate of drug-likeness (QED) is 0.585. The van der Waals surface area contributed by atoms with Gasteiger partial charge in [-0.3, -0.25) is 0 Å². The molecule has 0 aliphatic carbocycles. The van der Waals surface area contributed by atoms with Crippen LogP contribution in [0.1, 0.15) is 22.8 Å². The Morgan fingerprint density at radius 1 is 1.17 bits per heavy atom. The van der Waals surface area contributed by atoms with Crippen LogP contribution in [-0.2, 0) is 11.3 Å². The number of benzene rings is 2. The summed E-state index contributed by atoms with van der Waals surface area (Å²) in [6.07, 6.45) is 1.48. The Bertz CT molecular complexity index is 1030. The number of hydrogen-bond acceptors (Lipinski definition) is 9. The molecule has 0 atom stereocenters. The monoisotopic (exact) mass is 393 g/mol. The first-order chi connectivity index (χ1) is 14.2. The Labute approximate surface area is 167 Å². The van der Waals surface area contributed by atoms with Gasteiger partial charge in [-0.1, -0.05) is 18.2 Å². The normalized spacial score (nSPS) is 11.8. The number of ether oxygens (including phenoxy) is 3. The lowest BCUT2D eigenvalue weighted by molar-refractivity contribution is 0.0527. The number of hydrogen-bond donors (Lipinski definition) is 2. The van der Waals surface area contributed by atoms with Gasteiger partial charge in [-0.25, -0.2) is 4.79 Å². The van der Waals surface area contributed by atoms with Gasteiger partial charge in [0.2, 0.25) is 12.7 Å². The van der Waals surface area contributed by atoms with Gasteiger partial charge in [0.25, 0.3) is 0 Å². The van der Waals surface area contributed by atoms with E-state index in [2.05, 4.69) is 25.8 Å². The summed E-state index contributed by atoms with van der Waals surface area (Å²) in [4.78, 5) is 16.5. The maximum atomic E-state index is 12.1. The largest absolute Gasteiger partial charge is 0.462 e. The van der Waals surface area contributed by atoms with Gasteiger partial charge in [0.1, 0.15) is 0 Å². The van der Waals surface area contributed by atoms with Crippen LogP contribution < -0.4 is 20.1 Å². The van der Waals surface area contributed by atoms with Gasteiger partial charge in [-0.05, 0) is 36.8 Å². The van der Waals surface area contributed by atoms with E-state index >= 15 is 0 Å². The maximum absolute atomic E-state index is 12.1. The Kier molecular flexibility index (Phi) is 5.37. The first kappa shape index (κ1) is 18.5. The zero-order valence-electron chi connectivity index (χ0n) is 15.7. The molecule has 29 heavy (non-hydrogen) atoms. The fourth-order valence-electron chi connectivity index (χ4n) is 2.79. The van der Waals surface area contributed by atoms with Crippen molar-refractivity contribution in [2.24, 2.45) is 0 Å². The summed E-state index contributed by atoms with van der Waals surface area (Å²) in [5.41, 5.74) is 1.99. The van der Waals surface area contributed by atoms with Crippen LogP contribution in [0.4, 0.5) is 17.5 Å². The van der Waals surface area contributed by atoms with Crippen LogP contribution in [0.15, 0.2) is 48.7 Å². The number of anilines is 3. The number of esters is 1. The molecule has 0 bridgehead atoms. The van der Waals surface area contributed by atoms with Crippen LogP contribution in [0, 0.1) is 0 Å². The first-order valence-electron chi connectivity index (χ1n) is 9.08. The van der Waals surface area contributed by atoms with E-state index < -0.39 is 5.97 Å². The molecule has 2 N–H and O–H groups in total. The summed E-state index contributed by atoms with van der Waals surface area (Å²) < 4.78 is 15.8.